The van der Waals surface area contributed by atoms with Gasteiger partial charge in [-0.05, 0) is 26.7 Å². The molecule has 0 spiro atoms. The number of nitrogens with one attached hydrogen (secondary N) is 1. The Kier molecular flexibility index (Phi) is 5.05. The highest BCUT2D eigenvalue weighted by Gasteiger charge is 2.24. The van der Waals surface area contributed by atoms with Crippen molar-refractivity contribution >= 4 is 5.91 Å². The van der Waals surface area contributed by atoms with E-state index < -0.39 is 0 Å². The number of carbonyl (C=O) groups is 1. The summed E-state index contributed by atoms with van der Waals surface area (Å²) < 4.78 is 5.19. The number of rotatable bonds is 4. The van der Waals surface area contributed by atoms with E-state index in [-0.39, 0.29) is 30.8 Å². The Morgan fingerprint density at radius 2 is 2.13 bits per heavy atom. The molecule has 0 aromatic rings. The summed E-state index contributed by atoms with van der Waals surface area (Å²) in [7, 11) is 0. The molecule has 4 nitrogen and oxygen atoms in total. The molecule has 1 fully saturated rings. The Labute approximate surface area is 91.0 Å². The zero-order valence-corrected chi connectivity index (χ0v) is 9.53. The number of hydrogen-bond donors (Lipinski definition) is 2. The summed E-state index contributed by atoms with van der Waals surface area (Å²) in [4.78, 5) is 11.4. The quantitative estimate of drug-likeness (QED) is 0.730. The van der Waals surface area contributed by atoms with Crippen LogP contribution in [-0.2, 0) is 9.53 Å². The van der Waals surface area contributed by atoms with Gasteiger partial charge in [0.25, 0.3) is 0 Å². The Bertz CT molecular complexity index is 206. The van der Waals surface area contributed by atoms with Crippen molar-refractivity contribution in [3.8, 4) is 0 Å². The van der Waals surface area contributed by atoms with Gasteiger partial charge in [-0.25, -0.2) is 0 Å². The third-order valence-electron chi connectivity index (χ3n) is 2.62. The fraction of sp³-hybridized carbons (Fsp3) is 0.909. The standard InChI is InChI=1S/C11H21NO3/c1-8(2)15-7-11(14)12-9-5-3-4-6-10(9)13/h8-10,13H,3-7H2,1-2H3,(H,12,14)/t9-,10-/m0/s1. The zero-order chi connectivity index (χ0) is 11.3. The van der Waals surface area contributed by atoms with Gasteiger partial charge in [0.1, 0.15) is 6.61 Å². The van der Waals surface area contributed by atoms with Crippen LogP contribution in [0.25, 0.3) is 0 Å². The summed E-state index contributed by atoms with van der Waals surface area (Å²) in [5.74, 6) is -0.130. The second-order valence-electron chi connectivity index (χ2n) is 4.39. The summed E-state index contributed by atoms with van der Waals surface area (Å²) >= 11 is 0. The van der Waals surface area contributed by atoms with Gasteiger partial charge in [0.15, 0.2) is 0 Å². The second kappa shape index (κ2) is 6.08. The van der Waals surface area contributed by atoms with Crippen molar-refractivity contribution in [2.24, 2.45) is 0 Å². The average Bonchev–Trinajstić information content (AvgIpc) is 2.18. The monoisotopic (exact) mass is 215 g/mol. The first-order valence-corrected chi connectivity index (χ1v) is 5.68. The highest BCUT2D eigenvalue weighted by Crippen LogP contribution is 2.18. The van der Waals surface area contributed by atoms with E-state index in [0.29, 0.717) is 0 Å². The van der Waals surface area contributed by atoms with Crippen LogP contribution in [0.4, 0.5) is 0 Å². The smallest absolute Gasteiger partial charge is 0.246 e. The van der Waals surface area contributed by atoms with Gasteiger partial charge in [-0.2, -0.15) is 0 Å². The van der Waals surface area contributed by atoms with E-state index in [1.165, 1.54) is 0 Å². The molecule has 0 aromatic heterocycles. The maximum atomic E-state index is 11.4. The molecule has 1 rings (SSSR count). The molecule has 0 bridgehead atoms. The van der Waals surface area contributed by atoms with Crippen molar-refractivity contribution in [3.63, 3.8) is 0 Å². The van der Waals surface area contributed by atoms with E-state index in [4.69, 9.17) is 4.74 Å². The first kappa shape index (κ1) is 12.5. The van der Waals surface area contributed by atoms with Gasteiger partial charge in [0.05, 0.1) is 18.2 Å². The molecule has 2 atom stereocenters. The molecule has 1 saturated carbocycles. The van der Waals surface area contributed by atoms with E-state index in [1.807, 2.05) is 13.8 Å². The van der Waals surface area contributed by atoms with Crippen LogP contribution in [0, 0.1) is 0 Å². The predicted octanol–water partition coefficient (Wildman–Crippen LogP) is 0.831. The highest BCUT2D eigenvalue weighted by molar-refractivity contribution is 5.77. The van der Waals surface area contributed by atoms with E-state index in [0.717, 1.165) is 25.7 Å². The number of aliphatic hydroxyl groups is 1. The zero-order valence-electron chi connectivity index (χ0n) is 9.53. The Morgan fingerprint density at radius 1 is 1.47 bits per heavy atom. The van der Waals surface area contributed by atoms with Crippen molar-refractivity contribution in [3.05, 3.63) is 0 Å². The number of amides is 1. The molecule has 15 heavy (non-hydrogen) atoms. The fourth-order valence-corrected chi connectivity index (χ4v) is 1.77. The Hall–Kier alpha value is -0.610. The van der Waals surface area contributed by atoms with Gasteiger partial charge in [-0.1, -0.05) is 12.8 Å². The van der Waals surface area contributed by atoms with Gasteiger partial charge < -0.3 is 15.2 Å². The summed E-state index contributed by atoms with van der Waals surface area (Å²) in [5, 5.41) is 12.4. The van der Waals surface area contributed by atoms with Crippen LogP contribution in [0.2, 0.25) is 0 Å². The summed E-state index contributed by atoms with van der Waals surface area (Å²) in [6, 6.07) is -0.0815. The van der Waals surface area contributed by atoms with Gasteiger partial charge >= 0.3 is 0 Å². The highest BCUT2D eigenvalue weighted by atomic mass is 16.5. The van der Waals surface area contributed by atoms with E-state index in [9.17, 15) is 9.90 Å². The summed E-state index contributed by atoms with van der Waals surface area (Å²) in [6.45, 7) is 3.87. The summed E-state index contributed by atoms with van der Waals surface area (Å²) in [6.07, 6.45) is 3.46. The third-order valence-corrected chi connectivity index (χ3v) is 2.62. The van der Waals surface area contributed by atoms with E-state index in [1.54, 1.807) is 0 Å². The first-order valence-electron chi connectivity index (χ1n) is 5.68. The molecule has 0 aliphatic heterocycles. The molecular formula is C11H21NO3. The van der Waals surface area contributed by atoms with Crippen molar-refractivity contribution in [2.75, 3.05) is 6.61 Å². The minimum absolute atomic E-state index is 0.0621. The van der Waals surface area contributed by atoms with Gasteiger partial charge in [0, 0.05) is 0 Å². The van der Waals surface area contributed by atoms with Gasteiger partial charge in [-0.3, -0.25) is 4.79 Å². The van der Waals surface area contributed by atoms with Gasteiger partial charge in [0.2, 0.25) is 5.91 Å². The molecule has 0 heterocycles. The van der Waals surface area contributed by atoms with Crippen LogP contribution in [0.15, 0.2) is 0 Å². The fourth-order valence-electron chi connectivity index (χ4n) is 1.77. The maximum Gasteiger partial charge on any atom is 0.246 e. The lowest BCUT2D eigenvalue weighted by molar-refractivity contribution is -0.129. The number of aliphatic hydroxyl groups excluding tert-OH is 1. The molecule has 1 amide bonds. The third kappa shape index (κ3) is 4.62. The molecular weight excluding hydrogens is 194 g/mol. The summed E-state index contributed by atoms with van der Waals surface area (Å²) in [5.41, 5.74) is 0. The minimum atomic E-state index is -0.387. The largest absolute Gasteiger partial charge is 0.391 e. The Morgan fingerprint density at radius 3 is 2.73 bits per heavy atom. The molecule has 4 heteroatoms. The lowest BCUT2D eigenvalue weighted by Crippen LogP contribution is -2.46. The molecule has 88 valence electrons. The molecule has 0 radical (unpaired) electrons. The van der Waals surface area contributed by atoms with Crippen LogP contribution in [-0.4, -0.2) is 35.9 Å². The normalized spacial score (nSPS) is 26.7. The van der Waals surface area contributed by atoms with Crippen LogP contribution < -0.4 is 5.32 Å². The number of carbonyl (C=O) groups excluding carboxylic acids is 1. The van der Waals surface area contributed by atoms with Crippen LogP contribution in [0.3, 0.4) is 0 Å². The molecule has 1 aliphatic rings. The molecule has 1 aliphatic carbocycles. The molecule has 0 unspecified atom stereocenters. The molecule has 0 saturated heterocycles. The average molecular weight is 215 g/mol. The lowest BCUT2D eigenvalue weighted by atomic mass is 9.92. The Balaban J connectivity index is 2.24. The van der Waals surface area contributed by atoms with Crippen LogP contribution in [0.1, 0.15) is 39.5 Å². The van der Waals surface area contributed by atoms with Crippen molar-refractivity contribution in [2.45, 2.75) is 57.8 Å². The number of ether oxygens (including phenoxy) is 1. The van der Waals surface area contributed by atoms with Gasteiger partial charge in [-0.15, -0.1) is 0 Å². The molecule has 2 N–H and O–H groups in total. The number of hydrogen-bond acceptors (Lipinski definition) is 3. The second-order valence-corrected chi connectivity index (χ2v) is 4.39. The van der Waals surface area contributed by atoms with E-state index >= 15 is 0 Å². The predicted molar refractivity (Wildman–Crippen MR) is 57.5 cm³/mol. The van der Waals surface area contributed by atoms with Crippen molar-refractivity contribution in [1.82, 2.24) is 5.32 Å². The van der Waals surface area contributed by atoms with Crippen molar-refractivity contribution in [1.29, 1.82) is 0 Å². The SMILES string of the molecule is CC(C)OCC(=O)N[C@H]1CCCC[C@@H]1O. The topological polar surface area (TPSA) is 58.6 Å². The lowest BCUT2D eigenvalue weighted by Gasteiger charge is -2.28. The molecule has 0 aromatic carbocycles. The van der Waals surface area contributed by atoms with Crippen molar-refractivity contribution < 1.29 is 14.6 Å². The van der Waals surface area contributed by atoms with E-state index in [2.05, 4.69) is 5.32 Å². The first-order chi connectivity index (χ1) is 7.09. The van der Waals surface area contributed by atoms with Crippen LogP contribution in [0.5, 0.6) is 0 Å². The van der Waals surface area contributed by atoms with Crippen LogP contribution >= 0.6 is 0 Å². The maximum absolute atomic E-state index is 11.4. The minimum Gasteiger partial charge on any atom is -0.391 e.